The third-order valence-corrected chi connectivity index (χ3v) is 5.20. The van der Waals surface area contributed by atoms with Gasteiger partial charge in [0.1, 0.15) is 11.6 Å². The van der Waals surface area contributed by atoms with E-state index in [9.17, 15) is 18.0 Å². The molecule has 3 aromatic rings. The smallest absolute Gasteiger partial charge is 0.422 e. The molecule has 29 heavy (non-hydrogen) atoms. The Kier molecular flexibility index (Phi) is 6.68. The number of benzene rings is 2. The van der Waals surface area contributed by atoms with Crippen molar-refractivity contribution in [2.24, 2.45) is 0 Å². The van der Waals surface area contributed by atoms with Crippen molar-refractivity contribution in [2.45, 2.75) is 24.9 Å². The SMILES string of the molecule is CC(SCC(=O)NCc1cccc(OCC(F)(F)F)c1)c1nc2ccccc2[nH]1. The minimum absolute atomic E-state index is 0.00671. The number of aromatic amines is 1. The van der Waals surface area contributed by atoms with E-state index in [1.807, 2.05) is 31.2 Å². The molecule has 1 amide bonds. The van der Waals surface area contributed by atoms with Gasteiger partial charge in [-0.15, -0.1) is 11.8 Å². The predicted octanol–water partition coefficient (Wildman–Crippen LogP) is 4.61. The number of fused-ring (bicyclic) bond motifs is 1. The number of rotatable bonds is 8. The van der Waals surface area contributed by atoms with Crippen LogP contribution in [0.5, 0.6) is 5.75 Å². The molecule has 0 aliphatic heterocycles. The number of amides is 1. The van der Waals surface area contributed by atoms with E-state index >= 15 is 0 Å². The second-order valence-electron chi connectivity index (χ2n) is 6.42. The maximum Gasteiger partial charge on any atom is 0.422 e. The van der Waals surface area contributed by atoms with Crippen molar-refractivity contribution >= 4 is 28.7 Å². The quantitative estimate of drug-likeness (QED) is 0.555. The average Bonchev–Trinajstić information content (AvgIpc) is 3.13. The van der Waals surface area contributed by atoms with E-state index in [-0.39, 0.29) is 29.2 Å². The Morgan fingerprint density at radius 1 is 1.24 bits per heavy atom. The average molecular weight is 423 g/mol. The van der Waals surface area contributed by atoms with Crippen LogP contribution >= 0.6 is 11.8 Å². The van der Waals surface area contributed by atoms with Crippen molar-refractivity contribution < 1.29 is 22.7 Å². The second-order valence-corrected chi connectivity index (χ2v) is 7.75. The van der Waals surface area contributed by atoms with E-state index < -0.39 is 12.8 Å². The molecular weight excluding hydrogens is 403 g/mol. The summed E-state index contributed by atoms with van der Waals surface area (Å²) in [5, 5.41) is 2.77. The first kappa shape index (κ1) is 21.0. The lowest BCUT2D eigenvalue weighted by molar-refractivity contribution is -0.153. The van der Waals surface area contributed by atoms with Gasteiger partial charge in [0.25, 0.3) is 0 Å². The lowest BCUT2D eigenvalue weighted by atomic mass is 10.2. The van der Waals surface area contributed by atoms with Crippen molar-refractivity contribution in [3.63, 3.8) is 0 Å². The molecule has 154 valence electrons. The summed E-state index contributed by atoms with van der Waals surface area (Å²) >= 11 is 1.45. The normalized spacial score (nSPS) is 12.7. The molecule has 9 heteroatoms. The Morgan fingerprint density at radius 3 is 2.79 bits per heavy atom. The number of ether oxygens (including phenoxy) is 1. The van der Waals surface area contributed by atoms with Gasteiger partial charge in [-0.05, 0) is 36.8 Å². The zero-order chi connectivity index (χ0) is 20.9. The topological polar surface area (TPSA) is 67.0 Å². The summed E-state index contributed by atoms with van der Waals surface area (Å²) in [6, 6.07) is 13.9. The highest BCUT2D eigenvalue weighted by Gasteiger charge is 2.28. The van der Waals surface area contributed by atoms with Crippen molar-refractivity contribution in [3.05, 3.63) is 59.9 Å². The molecule has 1 aromatic heterocycles. The highest BCUT2D eigenvalue weighted by atomic mass is 32.2. The number of hydrogen-bond donors (Lipinski definition) is 2. The number of imidazole rings is 1. The zero-order valence-corrected chi connectivity index (χ0v) is 16.4. The van der Waals surface area contributed by atoms with Gasteiger partial charge >= 0.3 is 6.18 Å². The van der Waals surface area contributed by atoms with E-state index in [2.05, 4.69) is 15.3 Å². The molecule has 0 spiro atoms. The number of halogens is 3. The zero-order valence-electron chi connectivity index (χ0n) is 15.6. The minimum Gasteiger partial charge on any atom is -0.484 e. The lowest BCUT2D eigenvalue weighted by Crippen LogP contribution is -2.25. The molecule has 0 fully saturated rings. The monoisotopic (exact) mass is 423 g/mol. The van der Waals surface area contributed by atoms with Gasteiger partial charge in [0.15, 0.2) is 6.61 Å². The van der Waals surface area contributed by atoms with Crippen LogP contribution in [0.2, 0.25) is 0 Å². The van der Waals surface area contributed by atoms with Crippen LogP contribution in [-0.2, 0) is 11.3 Å². The molecule has 0 saturated heterocycles. The predicted molar refractivity (Wildman–Crippen MR) is 107 cm³/mol. The van der Waals surface area contributed by atoms with Crippen molar-refractivity contribution in [1.82, 2.24) is 15.3 Å². The molecule has 1 heterocycles. The molecule has 1 atom stereocenters. The van der Waals surface area contributed by atoms with Crippen LogP contribution in [0, 0.1) is 0 Å². The summed E-state index contributed by atoms with van der Waals surface area (Å²) < 4.78 is 41.4. The number of thioether (sulfide) groups is 1. The number of hydrogen-bond acceptors (Lipinski definition) is 4. The number of carbonyl (C=O) groups excluding carboxylic acids is 1. The first-order valence-electron chi connectivity index (χ1n) is 8.91. The third-order valence-electron chi connectivity index (χ3n) is 4.05. The molecule has 1 unspecified atom stereocenters. The summed E-state index contributed by atoms with van der Waals surface area (Å²) in [4.78, 5) is 19.9. The molecule has 2 N–H and O–H groups in total. The molecule has 0 saturated carbocycles. The van der Waals surface area contributed by atoms with E-state index in [1.54, 1.807) is 12.1 Å². The molecule has 3 rings (SSSR count). The standard InChI is InChI=1S/C20H20F3N3O2S/c1-13(19-25-16-7-2-3-8-17(16)26-19)29-11-18(27)24-10-14-5-4-6-15(9-14)28-12-20(21,22)23/h2-9,13H,10-12H2,1H3,(H,24,27)(H,25,26). The van der Waals surface area contributed by atoms with Gasteiger partial charge in [-0.1, -0.05) is 24.3 Å². The van der Waals surface area contributed by atoms with Crippen LogP contribution in [-0.4, -0.2) is 34.4 Å². The number of aromatic nitrogens is 2. The third kappa shape index (κ3) is 6.42. The summed E-state index contributed by atoms with van der Waals surface area (Å²) in [6.45, 7) is 0.831. The Hall–Kier alpha value is -2.68. The van der Waals surface area contributed by atoms with E-state index in [4.69, 9.17) is 4.74 Å². The number of H-pyrrole nitrogens is 1. The van der Waals surface area contributed by atoms with Crippen LogP contribution in [0.4, 0.5) is 13.2 Å². The fourth-order valence-electron chi connectivity index (χ4n) is 2.61. The lowest BCUT2D eigenvalue weighted by Gasteiger charge is -2.11. The summed E-state index contributed by atoms with van der Waals surface area (Å²) in [5.74, 6) is 0.989. The van der Waals surface area contributed by atoms with Crippen molar-refractivity contribution in [3.8, 4) is 5.75 Å². The molecular formula is C20H20F3N3O2S. The molecule has 0 bridgehead atoms. The van der Waals surface area contributed by atoms with Gasteiger partial charge in [0.05, 0.1) is 22.0 Å². The van der Waals surface area contributed by atoms with Gasteiger partial charge in [0.2, 0.25) is 5.91 Å². The van der Waals surface area contributed by atoms with Crippen LogP contribution < -0.4 is 10.1 Å². The van der Waals surface area contributed by atoms with Crippen LogP contribution in [0.1, 0.15) is 23.6 Å². The summed E-state index contributed by atoms with van der Waals surface area (Å²) in [5.41, 5.74) is 2.49. The Morgan fingerprint density at radius 2 is 2.03 bits per heavy atom. The number of nitrogens with one attached hydrogen (secondary N) is 2. The van der Waals surface area contributed by atoms with E-state index in [0.717, 1.165) is 16.9 Å². The van der Waals surface area contributed by atoms with Gasteiger partial charge in [-0.3, -0.25) is 4.79 Å². The Labute approximate surface area is 170 Å². The second kappa shape index (κ2) is 9.21. The molecule has 0 aliphatic carbocycles. The largest absolute Gasteiger partial charge is 0.484 e. The summed E-state index contributed by atoms with van der Waals surface area (Å²) in [7, 11) is 0. The highest BCUT2D eigenvalue weighted by molar-refractivity contribution is 8.00. The fraction of sp³-hybridized carbons (Fsp3) is 0.300. The number of para-hydroxylation sites is 2. The first-order chi connectivity index (χ1) is 13.8. The van der Waals surface area contributed by atoms with Crippen molar-refractivity contribution in [2.75, 3.05) is 12.4 Å². The van der Waals surface area contributed by atoms with Gasteiger partial charge < -0.3 is 15.0 Å². The fourth-order valence-corrected chi connectivity index (χ4v) is 3.38. The summed E-state index contributed by atoms with van der Waals surface area (Å²) in [6.07, 6.45) is -4.39. The molecule has 2 aromatic carbocycles. The van der Waals surface area contributed by atoms with Gasteiger partial charge in [-0.25, -0.2) is 4.98 Å². The molecule has 0 aliphatic rings. The first-order valence-corrected chi connectivity index (χ1v) is 9.96. The number of alkyl halides is 3. The van der Waals surface area contributed by atoms with Crippen LogP contribution in [0.15, 0.2) is 48.5 Å². The number of carbonyl (C=O) groups is 1. The van der Waals surface area contributed by atoms with Gasteiger partial charge in [0, 0.05) is 6.54 Å². The molecule has 0 radical (unpaired) electrons. The van der Waals surface area contributed by atoms with E-state index in [0.29, 0.717) is 5.56 Å². The maximum absolute atomic E-state index is 12.2. The Balaban J connectivity index is 1.46. The van der Waals surface area contributed by atoms with Crippen LogP contribution in [0.25, 0.3) is 11.0 Å². The van der Waals surface area contributed by atoms with Crippen molar-refractivity contribution in [1.29, 1.82) is 0 Å². The minimum atomic E-state index is -4.39. The van der Waals surface area contributed by atoms with E-state index in [1.165, 1.54) is 23.9 Å². The maximum atomic E-state index is 12.2. The van der Waals surface area contributed by atoms with Gasteiger partial charge in [-0.2, -0.15) is 13.2 Å². The molecule has 5 nitrogen and oxygen atoms in total. The Bertz CT molecular complexity index is 942. The van der Waals surface area contributed by atoms with Crippen LogP contribution in [0.3, 0.4) is 0 Å². The number of nitrogens with zero attached hydrogens (tertiary/aromatic N) is 1. The highest BCUT2D eigenvalue weighted by Crippen LogP contribution is 2.27.